The molecule has 0 radical (unpaired) electrons. The maximum absolute atomic E-state index is 12.2. The Kier molecular flexibility index (Phi) is 3.84. The van der Waals surface area contributed by atoms with E-state index < -0.39 is 0 Å². The predicted molar refractivity (Wildman–Crippen MR) is 79.5 cm³/mol. The van der Waals surface area contributed by atoms with Crippen LogP contribution in [0.5, 0.6) is 0 Å². The number of halogens is 1. The molecule has 0 aliphatic carbocycles. The molecule has 0 N–H and O–H groups in total. The number of nitrogens with zero attached hydrogens (tertiary/aromatic N) is 4. The summed E-state index contributed by atoms with van der Waals surface area (Å²) in [6, 6.07) is 3.76. The van der Waals surface area contributed by atoms with Crippen LogP contribution in [-0.4, -0.2) is 47.0 Å². The molecule has 2 aromatic heterocycles. The summed E-state index contributed by atoms with van der Waals surface area (Å²) in [6.07, 6.45) is 3.21. The van der Waals surface area contributed by atoms with Crippen LogP contribution in [0, 0.1) is 0 Å². The Morgan fingerprint density at radius 2 is 2.05 bits per heavy atom. The van der Waals surface area contributed by atoms with Gasteiger partial charge in [0.15, 0.2) is 0 Å². The summed E-state index contributed by atoms with van der Waals surface area (Å²) in [4.78, 5) is 25.3. The molecule has 1 fully saturated rings. The summed E-state index contributed by atoms with van der Waals surface area (Å²) in [5.41, 5.74) is 0. The number of hydrogen-bond acceptors (Lipinski definition) is 5. The van der Waals surface area contributed by atoms with Crippen LogP contribution >= 0.6 is 22.9 Å². The fraction of sp³-hybridized carbons (Fsp3) is 0.308. The Morgan fingerprint density at radius 3 is 2.70 bits per heavy atom. The van der Waals surface area contributed by atoms with Gasteiger partial charge in [-0.25, -0.2) is 4.98 Å². The summed E-state index contributed by atoms with van der Waals surface area (Å²) in [6.45, 7) is 2.86. The molecule has 3 heterocycles. The molecule has 7 heteroatoms. The van der Waals surface area contributed by atoms with Crippen molar-refractivity contribution >= 4 is 34.7 Å². The fourth-order valence-corrected chi connectivity index (χ4v) is 3.01. The number of piperazine rings is 1. The first-order chi connectivity index (χ1) is 9.74. The zero-order valence-electron chi connectivity index (χ0n) is 10.7. The molecule has 0 unspecified atom stereocenters. The van der Waals surface area contributed by atoms with Gasteiger partial charge in [-0.05, 0) is 11.4 Å². The topological polar surface area (TPSA) is 49.3 Å². The van der Waals surface area contributed by atoms with E-state index >= 15 is 0 Å². The summed E-state index contributed by atoms with van der Waals surface area (Å²) < 4.78 is 0. The Hall–Kier alpha value is -1.66. The molecule has 104 valence electrons. The molecule has 20 heavy (non-hydrogen) atoms. The standard InChI is InChI=1S/C13H13ClN4OS/c14-11-8-15-9-12(16-11)17-3-5-18(6-4-17)13(19)10-2-1-7-20-10/h1-2,7-9H,3-6H2. The van der Waals surface area contributed by atoms with Crippen molar-refractivity contribution in [3.05, 3.63) is 39.9 Å². The van der Waals surface area contributed by atoms with Gasteiger partial charge < -0.3 is 9.80 Å². The van der Waals surface area contributed by atoms with Gasteiger partial charge >= 0.3 is 0 Å². The minimum absolute atomic E-state index is 0.108. The maximum Gasteiger partial charge on any atom is 0.264 e. The van der Waals surface area contributed by atoms with Gasteiger partial charge in [0.1, 0.15) is 11.0 Å². The lowest BCUT2D eigenvalue weighted by molar-refractivity contribution is 0.0751. The smallest absolute Gasteiger partial charge is 0.264 e. The molecule has 1 saturated heterocycles. The van der Waals surface area contributed by atoms with E-state index in [1.165, 1.54) is 17.5 Å². The zero-order valence-corrected chi connectivity index (χ0v) is 12.3. The minimum Gasteiger partial charge on any atom is -0.352 e. The lowest BCUT2D eigenvalue weighted by Gasteiger charge is -2.35. The van der Waals surface area contributed by atoms with Crippen LogP contribution < -0.4 is 4.90 Å². The molecule has 0 aromatic carbocycles. The van der Waals surface area contributed by atoms with E-state index in [9.17, 15) is 4.79 Å². The van der Waals surface area contributed by atoms with Gasteiger partial charge in [0, 0.05) is 26.2 Å². The van der Waals surface area contributed by atoms with Crippen LogP contribution in [0.1, 0.15) is 9.67 Å². The molecule has 1 aliphatic heterocycles. The van der Waals surface area contributed by atoms with E-state index in [1.807, 2.05) is 22.4 Å². The van der Waals surface area contributed by atoms with E-state index in [2.05, 4.69) is 14.9 Å². The third kappa shape index (κ3) is 2.76. The SMILES string of the molecule is O=C(c1cccs1)N1CCN(c2cncc(Cl)n2)CC1. The van der Waals surface area contributed by atoms with Gasteiger partial charge in [-0.15, -0.1) is 11.3 Å². The van der Waals surface area contributed by atoms with Crippen molar-refractivity contribution < 1.29 is 4.79 Å². The van der Waals surface area contributed by atoms with Gasteiger partial charge in [-0.2, -0.15) is 0 Å². The first-order valence-corrected chi connectivity index (χ1v) is 7.55. The number of aromatic nitrogens is 2. The number of hydrogen-bond donors (Lipinski definition) is 0. The predicted octanol–water partition coefficient (Wildman–Crippen LogP) is 2.15. The first kappa shape index (κ1) is 13.3. The van der Waals surface area contributed by atoms with Crippen molar-refractivity contribution in [1.82, 2.24) is 14.9 Å². The van der Waals surface area contributed by atoms with Gasteiger partial charge in [0.2, 0.25) is 0 Å². The summed E-state index contributed by atoms with van der Waals surface area (Å²) in [7, 11) is 0. The van der Waals surface area contributed by atoms with Crippen LogP contribution in [-0.2, 0) is 0 Å². The second-order valence-electron chi connectivity index (χ2n) is 4.46. The van der Waals surface area contributed by atoms with Gasteiger partial charge in [0.25, 0.3) is 5.91 Å². The van der Waals surface area contributed by atoms with Crippen molar-refractivity contribution in [1.29, 1.82) is 0 Å². The second kappa shape index (κ2) is 5.76. The van der Waals surface area contributed by atoms with Crippen LogP contribution in [0.2, 0.25) is 5.15 Å². The lowest BCUT2D eigenvalue weighted by atomic mass is 10.3. The van der Waals surface area contributed by atoms with E-state index in [-0.39, 0.29) is 5.91 Å². The molecule has 0 saturated carbocycles. The summed E-state index contributed by atoms with van der Waals surface area (Å²) >= 11 is 7.33. The molecule has 0 atom stereocenters. The zero-order chi connectivity index (χ0) is 13.9. The molecule has 0 bridgehead atoms. The average Bonchev–Trinajstić information content (AvgIpc) is 3.01. The van der Waals surface area contributed by atoms with Crippen LogP contribution in [0.4, 0.5) is 5.82 Å². The van der Waals surface area contributed by atoms with Crippen molar-refractivity contribution in [3.63, 3.8) is 0 Å². The maximum atomic E-state index is 12.2. The summed E-state index contributed by atoms with van der Waals surface area (Å²) in [5.74, 6) is 0.873. The molecular weight excluding hydrogens is 296 g/mol. The van der Waals surface area contributed by atoms with E-state index in [0.29, 0.717) is 18.2 Å². The first-order valence-electron chi connectivity index (χ1n) is 6.29. The number of anilines is 1. The second-order valence-corrected chi connectivity index (χ2v) is 5.79. The van der Waals surface area contributed by atoms with E-state index in [0.717, 1.165) is 23.8 Å². The lowest BCUT2D eigenvalue weighted by Crippen LogP contribution is -2.48. The third-order valence-corrected chi connectivity index (χ3v) is 4.26. The highest BCUT2D eigenvalue weighted by Gasteiger charge is 2.23. The number of thiophene rings is 1. The normalized spacial score (nSPS) is 15.4. The highest BCUT2D eigenvalue weighted by Crippen LogP contribution is 2.17. The van der Waals surface area contributed by atoms with Crippen LogP contribution in [0.3, 0.4) is 0 Å². The molecule has 3 rings (SSSR count). The van der Waals surface area contributed by atoms with Gasteiger partial charge in [-0.1, -0.05) is 17.7 Å². The van der Waals surface area contributed by atoms with Gasteiger partial charge in [-0.3, -0.25) is 9.78 Å². The molecule has 1 aliphatic rings. The van der Waals surface area contributed by atoms with E-state index in [4.69, 9.17) is 11.6 Å². The number of carbonyl (C=O) groups is 1. The molecule has 0 spiro atoms. The van der Waals surface area contributed by atoms with Crippen molar-refractivity contribution in [2.45, 2.75) is 0 Å². The largest absolute Gasteiger partial charge is 0.352 e. The molecule has 2 aromatic rings. The average molecular weight is 309 g/mol. The quantitative estimate of drug-likeness (QED) is 0.853. The Labute approximate surface area is 125 Å². The van der Waals surface area contributed by atoms with Crippen molar-refractivity contribution in [3.8, 4) is 0 Å². The molecular formula is C13H13ClN4OS. The van der Waals surface area contributed by atoms with Crippen molar-refractivity contribution in [2.24, 2.45) is 0 Å². The summed E-state index contributed by atoms with van der Waals surface area (Å²) in [5, 5.41) is 2.31. The third-order valence-electron chi connectivity index (χ3n) is 3.22. The number of amides is 1. The van der Waals surface area contributed by atoms with Crippen LogP contribution in [0.25, 0.3) is 0 Å². The van der Waals surface area contributed by atoms with Crippen molar-refractivity contribution in [2.75, 3.05) is 31.1 Å². The molecule has 1 amide bonds. The number of carbonyl (C=O) groups excluding carboxylic acids is 1. The highest BCUT2D eigenvalue weighted by atomic mass is 35.5. The minimum atomic E-state index is 0.108. The monoisotopic (exact) mass is 308 g/mol. The Morgan fingerprint density at radius 1 is 1.25 bits per heavy atom. The highest BCUT2D eigenvalue weighted by molar-refractivity contribution is 7.12. The Bertz CT molecular complexity index is 596. The Balaban J connectivity index is 1.64. The van der Waals surface area contributed by atoms with Crippen LogP contribution in [0.15, 0.2) is 29.9 Å². The van der Waals surface area contributed by atoms with Gasteiger partial charge in [0.05, 0.1) is 17.3 Å². The molecule has 5 nitrogen and oxygen atoms in total. The number of rotatable bonds is 2. The van der Waals surface area contributed by atoms with E-state index in [1.54, 1.807) is 6.20 Å². The fourth-order valence-electron chi connectivity index (χ4n) is 2.18.